The van der Waals surface area contributed by atoms with E-state index in [1.54, 1.807) is 13.2 Å². The number of quaternary nitrogens is 1. The van der Waals surface area contributed by atoms with Crippen LogP contribution in [0.4, 0.5) is 4.79 Å². The highest BCUT2D eigenvalue weighted by atomic mass is 32.2. The van der Waals surface area contributed by atoms with Gasteiger partial charge in [0.2, 0.25) is 0 Å². The minimum atomic E-state index is -0.249. The van der Waals surface area contributed by atoms with E-state index in [0.717, 1.165) is 17.3 Å². The van der Waals surface area contributed by atoms with Crippen LogP contribution in [0.25, 0.3) is 6.08 Å². The Hall–Kier alpha value is -1.79. The van der Waals surface area contributed by atoms with Crippen LogP contribution in [-0.4, -0.2) is 36.2 Å². The second-order valence-electron chi connectivity index (χ2n) is 3.96. The highest BCUT2D eigenvalue weighted by Crippen LogP contribution is 2.32. The zero-order valence-electron chi connectivity index (χ0n) is 10.6. The number of methoxy groups -OCH3 is 1. The molecule has 1 aliphatic rings. The first-order valence-corrected chi connectivity index (χ1v) is 6.66. The molecule has 0 aromatic heterocycles. The summed E-state index contributed by atoms with van der Waals surface area (Å²) in [5, 5.41) is -0.234. The van der Waals surface area contributed by atoms with Gasteiger partial charge in [0.05, 0.1) is 25.1 Å². The highest BCUT2D eigenvalue weighted by Gasteiger charge is 2.34. The van der Waals surface area contributed by atoms with Crippen molar-refractivity contribution < 1.29 is 20.1 Å². The van der Waals surface area contributed by atoms with E-state index < -0.39 is 0 Å². The van der Waals surface area contributed by atoms with Crippen LogP contribution >= 0.6 is 11.8 Å². The van der Waals surface area contributed by atoms with Crippen molar-refractivity contribution in [1.82, 2.24) is 4.90 Å². The zero-order valence-corrected chi connectivity index (χ0v) is 11.4. The zero-order chi connectivity index (χ0) is 13.8. The lowest BCUT2D eigenvalue weighted by molar-refractivity contribution is -0.367. The molecule has 1 heterocycles. The smallest absolute Gasteiger partial charge is 0.293 e. The van der Waals surface area contributed by atoms with Crippen LogP contribution in [0.1, 0.15) is 5.56 Å². The SMILES string of the molecule is COc1cccc(/C=C2\SC(=O)N(CC[NH3+])C2=O)c1. The number of imide groups is 1. The largest absolute Gasteiger partial charge is 0.497 e. The molecule has 0 atom stereocenters. The second kappa shape index (κ2) is 5.90. The Morgan fingerprint density at radius 3 is 2.89 bits per heavy atom. The van der Waals surface area contributed by atoms with Gasteiger partial charge in [0.1, 0.15) is 5.75 Å². The number of thioether (sulfide) groups is 1. The number of hydrogen-bond acceptors (Lipinski definition) is 4. The van der Waals surface area contributed by atoms with E-state index in [4.69, 9.17) is 4.74 Å². The topological polar surface area (TPSA) is 74.2 Å². The summed E-state index contributed by atoms with van der Waals surface area (Å²) < 4.78 is 5.12. The van der Waals surface area contributed by atoms with Gasteiger partial charge >= 0.3 is 0 Å². The van der Waals surface area contributed by atoms with Gasteiger partial charge < -0.3 is 10.5 Å². The number of carbonyl (C=O) groups is 2. The normalized spacial score (nSPS) is 17.4. The van der Waals surface area contributed by atoms with E-state index in [2.05, 4.69) is 5.73 Å². The van der Waals surface area contributed by atoms with E-state index in [1.807, 2.05) is 24.3 Å². The van der Waals surface area contributed by atoms with Crippen molar-refractivity contribution in [2.24, 2.45) is 0 Å². The predicted octanol–water partition coefficient (Wildman–Crippen LogP) is 0.973. The van der Waals surface area contributed by atoms with Crippen molar-refractivity contribution >= 4 is 29.0 Å². The second-order valence-corrected chi connectivity index (χ2v) is 4.96. The molecule has 19 heavy (non-hydrogen) atoms. The van der Waals surface area contributed by atoms with Crippen LogP contribution in [0.2, 0.25) is 0 Å². The number of amides is 2. The lowest BCUT2D eigenvalue weighted by Crippen LogP contribution is -2.55. The third-order valence-corrected chi connectivity index (χ3v) is 3.55. The summed E-state index contributed by atoms with van der Waals surface area (Å²) in [5.41, 5.74) is 4.49. The molecule has 100 valence electrons. The highest BCUT2D eigenvalue weighted by molar-refractivity contribution is 8.18. The van der Waals surface area contributed by atoms with Gasteiger partial charge in [-0.2, -0.15) is 0 Å². The summed E-state index contributed by atoms with van der Waals surface area (Å²) in [6.45, 7) is 0.880. The molecule has 1 aromatic rings. The van der Waals surface area contributed by atoms with Crippen LogP contribution < -0.4 is 10.5 Å². The van der Waals surface area contributed by atoms with E-state index >= 15 is 0 Å². The molecule has 0 radical (unpaired) electrons. The molecule has 1 saturated heterocycles. The molecule has 3 N–H and O–H groups in total. The Morgan fingerprint density at radius 1 is 1.42 bits per heavy atom. The maximum Gasteiger partial charge on any atom is 0.293 e. The summed E-state index contributed by atoms with van der Waals surface area (Å²) >= 11 is 0.960. The van der Waals surface area contributed by atoms with Gasteiger partial charge in [0.25, 0.3) is 11.1 Å². The number of nitrogens with zero attached hydrogens (tertiary/aromatic N) is 1. The summed E-state index contributed by atoms with van der Waals surface area (Å²) in [5.74, 6) is 0.465. The van der Waals surface area contributed by atoms with Crippen molar-refractivity contribution in [2.45, 2.75) is 0 Å². The molecular formula is C13H15N2O3S+. The van der Waals surface area contributed by atoms with Crippen molar-refractivity contribution in [3.8, 4) is 5.75 Å². The van der Waals surface area contributed by atoms with Gasteiger partial charge in [0.15, 0.2) is 0 Å². The van der Waals surface area contributed by atoms with Gasteiger partial charge in [-0.25, -0.2) is 0 Å². The molecule has 0 bridgehead atoms. The standard InChI is InChI=1S/C13H14N2O3S/c1-18-10-4-2-3-9(7-10)8-11-12(16)15(6-5-14)13(17)19-11/h2-4,7-8H,5-6,14H2,1H3/p+1/b11-8-. The predicted molar refractivity (Wildman–Crippen MR) is 73.4 cm³/mol. The van der Waals surface area contributed by atoms with Crippen molar-refractivity contribution in [3.63, 3.8) is 0 Å². The van der Waals surface area contributed by atoms with Crippen LogP contribution in [0.5, 0.6) is 5.75 Å². The summed E-state index contributed by atoms with van der Waals surface area (Å²) in [6, 6.07) is 7.34. The van der Waals surface area contributed by atoms with Crippen molar-refractivity contribution in [2.75, 3.05) is 20.2 Å². The van der Waals surface area contributed by atoms with Crippen LogP contribution in [0, 0.1) is 0 Å². The third kappa shape index (κ3) is 2.97. The molecule has 6 heteroatoms. The first-order chi connectivity index (χ1) is 9.15. The fraction of sp³-hybridized carbons (Fsp3) is 0.231. The molecule has 0 unspecified atom stereocenters. The van der Waals surface area contributed by atoms with Gasteiger partial charge in [-0.1, -0.05) is 12.1 Å². The summed E-state index contributed by atoms with van der Waals surface area (Å²) in [4.78, 5) is 25.4. The lowest BCUT2D eigenvalue weighted by Gasteiger charge is -2.08. The minimum Gasteiger partial charge on any atom is -0.497 e. The van der Waals surface area contributed by atoms with Gasteiger partial charge in [-0.15, -0.1) is 0 Å². The van der Waals surface area contributed by atoms with Gasteiger partial charge in [0, 0.05) is 0 Å². The molecule has 1 aliphatic heterocycles. The monoisotopic (exact) mass is 279 g/mol. The van der Waals surface area contributed by atoms with Crippen LogP contribution in [-0.2, 0) is 4.79 Å². The first kappa shape index (κ1) is 13.6. The molecular weight excluding hydrogens is 264 g/mol. The Bertz CT molecular complexity index is 542. The molecule has 0 saturated carbocycles. The van der Waals surface area contributed by atoms with Gasteiger partial charge in [-0.3, -0.25) is 14.5 Å². The summed E-state index contributed by atoms with van der Waals surface area (Å²) in [7, 11) is 1.58. The molecule has 2 rings (SSSR count). The van der Waals surface area contributed by atoms with E-state index in [0.29, 0.717) is 23.7 Å². The molecule has 1 fully saturated rings. The average Bonchev–Trinajstić information content (AvgIpc) is 2.67. The van der Waals surface area contributed by atoms with E-state index in [-0.39, 0.29) is 11.1 Å². The maximum absolute atomic E-state index is 12.0. The Morgan fingerprint density at radius 2 is 2.21 bits per heavy atom. The molecule has 2 amide bonds. The number of hydrogen-bond donors (Lipinski definition) is 1. The molecule has 1 aromatic carbocycles. The minimum absolute atomic E-state index is 0.234. The Kier molecular flexibility index (Phi) is 4.24. The third-order valence-electron chi connectivity index (χ3n) is 2.65. The Balaban J connectivity index is 2.24. The van der Waals surface area contributed by atoms with E-state index in [1.165, 1.54) is 4.90 Å². The number of rotatable bonds is 4. The van der Waals surface area contributed by atoms with Crippen LogP contribution in [0.3, 0.4) is 0 Å². The molecule has 0 aliphatic carbocycles. The van der Waals surface area contributed by atoms with Crippen LogP contribution in [0.15, 0.2) is 29.2 Å². The number of ether oxygens (including phenoxy) is 1. The molecule has 5 nitrogen and oxygen atoms in total. The number of benzene rings is 1. The number of carbonyl (C=O) groups excluding carboxylic acids is 2. The van der Waals surface area contributed by atoms with Crippen molar-refractivity contribution in [3.05, 3.63) is 34.7 Å². The van der Waals surface area contributed by atoms with E-state index in [9.17, 15) is 9.59 Å². The first-order valence-electron chi connectivity index (χ1n) is 5.84. The lowest BCUT2D eigenvalue weighted by atomic mass is 10.2. The fourth-order valence-electron chi connectivity index (χ4n) is 1.73. The van der Waals surface area contributed by atoms with Gasteiger partial charge in [-0.05, 0) is 35.5 Å². The quantitative estimate of drug-likeness (QED) is 0.834. The fourth-order valence-corrected chi connectivity index (χ4v) is 2.60. The average molecular weight is 279 g/mol. The molecule has 0 spiro atoms. The Labute approximate surface area is 115 Å². The maximum atomic E-state index is 12.0. The summed E-state index contributed by atoms with van der Waals surface area (Å²) in [6.07, 6.45) is 1.70. The van der Waals surface area contributed by atoms with Crippen molar-refractivity contribution in [1.29, 1.82) is 0 Å².